The Hall–Kier alpha value is -1.31. The van der Waals surface area contributed by atoms with Crippen LogP contribution in [0.2, 0.25) is 0 Å². The maximum atomic E-state index is 6.04. The summed E-state index contributed by atoms with van der Waals surface area (Å²) >= 11 is 6.98. The molecule has 28 heavy (non-hydrogen) atoms. The Kier molecular flexibility index (Phi) is 8.00. The quantitative estimate of drug-likeness (QED) is 0.425. The summed E-state index contributed by atoms with van der Waals surface area (Å²) in [6, 6.07) is 9.14. The van der Waals surface area contributed by atoms with Gasteiger partial charge in [-0.05, 0) is 82.2 Å². The van der Waals surface area contributed by atoms with Crippen molar-refractivity contribution < 1.29 is 0 Å². The molecule has 1 aromatic carbocycles. The number of aliphatic imine (C=N–C) groups is 1. The number of amidine groups is 1. The van der Waals surface area contributed by atoms with Crippen molar-refractivity contribution in [2.75, 3.05) is 43.2 Å². The molecule has 0 spiro atoms. The van der Waals surface area contributed by atoms with Gasteiger partial charge in [-0.3, -0.25) is 0 Å². The van der Waals surface area contributed by atoms with E-state index in [0.29, 0.717) is 16.3 Å². The molecule has 5 nitrogen and oxygen atoms in total. The van der Waals surface area contributed by atoms with Gasteiger partial charge in [0.05, 0.1) is 0 Å². The first kappa shape index (κ1) is 21.4. The lowest BCUT2D eigenvalue weighted by molar-refractivity contribution is 0.249. The monoisotopic (exact) mass is 419 g/mol. The van der Waals surface area contributed by atoms with Gasteiger partial charge in [0.1, 0.15) is 0 Å². The van der Waals surface area contributed by atoms with Crippen LogP contribution in [-0.2, 0) is 0 Å². The Balaban J connectivity index is 1.45. The Morgan fingerprint density at radius 2 is 1.82 bits per heavy atom. The number of hydrogen-bond donors (Lipinski definition) is 2. The molecule has 0 unspecified atom stereocenters. The van der Waals surface area contributed by atoms with Crippen molar-refractivity contribution in [3.63, 3.8) is 0 Å². The average molecular weight is 420 g/mol. The van der Waals surface area contributed by atoms with Crippen molar-refractivity contribution in [1.29, 1.82) is 0 Å². The molecule has 1 saturated carbocycles. The van der Waals surface area contributed by atoms with Crippen LogP contribution in [0.1, 0.15) is 38.5 Å². The highest BCUT2D eigenvalue weighted by atomic mass is 32.2. The topological polar surface area (TPSA) is 56.9 Å². The number of nitrogens with zero attached hydrogens (tertiary/aromatic N) is 3. The van der Waals surface area contributed by atoms with E-state index in [1.807, 2.05) is 0 Å². The van der Waals surface area contributed by atoms with Crippen LogP contribution in [-0.4, -0.2) is 54.2 Å². The lowest BCUT2D eigenvalue weighted by Gasteiger charge is -2.36. The number of nitrogens with two attached hydrogens (primary N) is 1. The minimum absolute atomic E-state index is 0.427. The van der Waals surface area contributed by atoms with E-state index in [0.717, 1.165) is 30.4 Å². The van der Waals surface area contributed by atoms with Crippen LogP contribution in [0.25, 0.3) is 0 Å². The second-order valence-electron chi connectivity index (χ2n) is 8.07. The number of rotatable bonds is 5. The molecular weight excluding hydrogens is 386 g/mol. The molecule has 7 heteroatoms. The first-order valence-electron chi connectivity index (χ1n) is 10.3. The van der Waals surface area contributed by atoms with E-state index in [2.05, 4.69) is 58.5 Å². The molecule has 0 aromatic heterocycles. The van der Waals surface area contributed by atoms with Gasteiger partial charge < -0.3 is 20.9 Å². The van der Waals surface area contributed by atoms with E-state index < -0.39 is 0 Å². The Morgan fingerprint density at radius 3 is 2.43 bits per heavy atom. The van der Waals surface area contributed by atoms with Gasteiger partial charge in [0.2, 0.25) is 0 Å². The van der Waals surface area contributed by atoms with Crippen LogP contribution in [0, 0.1) is 5.92 Å². The number of benzene rings is 1. The van der Waals surface area contributed by atoms with Crippen molar-refractivity contribution in [2.24, 2.45) is 16.6 Å². The summed E-state index contributed by atoms with van der Waals surface area (Å²) in [5.41, 5.74) is 8.26. The summed E-state index contributed by atoms with van der Waals surface area (Å²) in [4.78, 5) is 9.13. The Bertz CT molecular complexity index is 660. The van der Waals surface area contributed by atoms with Crippen molar-refractivity contribution >= 4 is 45.6 Å². The third kappa shape index (κ3) is 6.36. The molecule has 1 saturated heterocycles. The van der Waals surface area contributed by atoms with E-state index in [1.54, 1.807) is 11.8 Å². The summed E-state index contributed by atoms with van der Waals surface area (Å²) < 4.78 is 0. The molecule has 1 aliphatic heterocycles. The van der Waals surface area contributed by atoms with Crippen LogP contribution in [0.3, 0.4) is 0 Å². The molecule has 154 valence electrons. The lowest BCUT2D eigenvalue weighted by atomic mass is 10.0. The minimum atomic E-state index is 0.427. The maximum Gasteiger partial charge on any atom is 0.199 e. The van der Waals surface area contributed by atoms with E-state index in [-0.39, 0.29) is 0 Å². The Morgan fingerprint density at radius 1 is 1.18 bits per heavy atom. The van der Waals surface area contributed by atoms with Gasteiger partial charge in [-0.2, -0.15) is 4.99 Å². The van der Waals surface area contributed by atoms with Crippen LogP contribution >= 0.6 is 24.0 Å². The molecule has 1 aromatic rings. The first-order valence-corrected chi connectivity index (χ1v) is 11.7. The van der Waals surface area contributed by atoms with Gasteiger partial charge >= 0.3 is 0 Å². The average Bonchev–Trinajstić information content (AvgIpc) is 3.21. The van der Waals surface area contributed by atoms with Crippen molar-refractivity contribution in [2.45, 2.75) is 44.6 Å². The van der Waals surface area contributed by atoms with E-state index in [4.69, 9.17) is 18.0 Å². The molecule has 3 rings (SSSR count). The van der Waals surface area contributed by atoms with Crippen LogP contribution in [0.15, 0.2) is 29.3 Å². The summed E-state index contributed by atoms with van der Waals surface area (Å²) in [6.45, 7) is 2.21. The molecular formula is C21H33N5S2. The number of thiocarbonyl (C=S) groups is 1. The third-order valence-electron chi connectivity index (χ3n) is 5.83. The van der Waals surface area contributed by atoms with Crippen molar-refractivity contribution in [3.8, 4) is 0 Å². The normalized spacial score (nSPS) is 19.4. The molecule has 1 heterocycles. The van der Waals surface area contributed by atoms with Crippen LogP contribution in [0.5, 0.6) is 0 Å². The van der Waals surface area contributed by atoms with Gasteiger partial charge in [0, 0.05) is 36.3 Å². The largest absolute Gasteiger partial charge is 0.378 e. The fourth-order valence-electron chi connectivity index (χ4n) is 4.06. The zero-order valence-corrected chi connectivity index (χ0v) is 18.7. The first-order chi connectivity index (χ1) is 13.5. The molecule has 2 fully saturated rings. The lowest BCUT2D eigenvalue weighted by Crippen LogP contribution is -2.41. The van der Waals surface area contributed by atoms with Crippen LogP contribution < -0.4 is 16.0 Å². The molecule has 0 bridgehead atoms. The van der Waals surface area contributed by atoms with Crippen molar-refractivity contribution in [1.82, 2.24) is 4.90 Å². The predicted octanol–water partition coefficient (Wildman–Crippen LogP) is 4.15. The predicted molar refractivity (Wildman–Crippen MR) is 128 cm³/mol. The standard InChI is InChI=1S/C21H33N5S2/c1-25(2)18-11-13-26(14-12-18)19-9-7-17(8-10-19)23-21(27)24-20(22)28-15-16-5-3-4-6-16/h7-10,16,18H,3-6,11-15H2,1-2H3,(H3,22,23,24,27). The zero-order chi connectivity index (χ0) is 19.9. The number of thioether (sulfide) groups is 1. The molecule has 1 aliphatic carbocycles. The molecule has 0 atom stereocenters. The SMILES string of the molecule is CN(C)C1CCN(c2ccc(NC(=S)/N=C(\N)SCC3CCCC3)cc2)CC1. The van der Waals surface area contributed by atoms with Crippen molar-refractivity contribution in [3.05, 3.63) is 24.3 Å². The van der Waals surface area contributed by atoms with E-state index in [1.165, 1.54) is 44.2 Å². The molecule has 2 aliphatic rings. The zero-order valence-electron chi connectivity index (χ0n) is 17.1. The van der Waals surface area contributed by atoms with Gasteiger partial charge in [0.15, 0.2) is 10.3 Å². The summed E-state index contributed by atoms with van der Waals surface area (Å²) in [6.07, 6.45) is 7.77. The van der Waals surface area contributed by atoms with Gasteiger partial charge in [-0.15, -0.1) is 0 Å². The van der Waals surface area contributed by atoms with E-state index in [9.17, 15) is 0 Å². The summed E-state index contributed by atoms with van der Waals surface area (Å²) in [7, 11) is 4.35. The van der Waals surface area contributed by atoms with Gasteiger partial charge in [-0.1, -0.05) is 24.6 Å². The summed E-state index contributed by atoms with van der Waals surface area (Å²) in [5, 5.41) is 4.17. The number of anilines is 2. The third-order valence-corrected chi connectivity index (χ3v) is 7.05. The molecule has 0 radical (unpaired) electrons. The van der Waals surface area contributed by atoms with E-state index >= 15 is 0 Å². The molecule has 0 amide bonds. The number of nitrogens with one attached hydrogen (secondary N) is 1. The van der Waals surface area contributed by atoms with Crippen LogP contribution in [0.4, 0.5) is 11.4 Å². The highest BCUT2D eigenvalue weighted by Gasteiger charge is 2.20. The summed E-state index contributed by atoms with van der Waals surface area (Å²) in [5.74, 6) is 1.84. The number of hydrogen-bond acceptors (Lipinski definition) is 4. The van der Waals surface area contributed by atoms with Gasteiger partial charge in [0.25, 0.3) is 0 Å². The second kappa shape index (κ2) is 10.5. The van der Waals surface area contributed by atoms with Gasteiger partial charge in [-0.25, -0.2) is 0 Å². The molecule has 3 N–H and O–H groups in total. The Labute approximate surface area is 179 Å². The highest BCUT2D eigenvalue weighted by Crippen LogP contribution is 2.28. The fourth-order valence-corrected chi connectivity index (χ4v) is 5.23. The number of piperidine rings is 1. The minimum Gasteiger partial charge on any atom is -0.378 e. The smallest absolute Gasteiger partial charge is 0.199 e. The maximum absolute atomic E-state index is 6.04. The second-order valence-corrected chi connectivity index (χ2v) is 9.50. The fraction of sp³-hybridized carbons (Fsp3) is 0.619. The highest BCUT2D eigenvalue weighted by molar-refractivity contribution is 8.13.